The molecular formula is C12H10Cl2N2O2S. The molecule has 0 aliphatic heterocycles. The molecule has 0 spiro atoms. The van der Waals surface area contributed by atoms with Gasteiger partial charge in [0, 0.05) is 5.56 Å². The lowest BCUT2D eigenvalue weighted by molar-refractivity contribution is 0.0533. The van der Waals surface area contributed by atoms with Crippen LogP contribution in [0.2, 0.25) is 10.0 Å². The number of rotatable bonds is 3. The summed E-state index contributed by atoms with van der Waals surface area (Å²) in [5.41, 5.74) is 7.43. The number of carbonyl (C=O) groups is 1. The van der Waals surface area contributed by atoms with Gasteiger partial charge in [-0.2, -0.15) is 4.37 Å². The number of hydrogen-bond acceptors (Lipinski definition) is 5. The number of anilines is 1. The number of nitrogens with two attached hydrogens (primary N) is 1. The first kappa shape index (κ1) is 14.1. The van der Waals surface area contributed by atoms with Crippen molar-refractivity contribution in [3.05, 3.63) is 33.1 Å². The van der Waals surface area contributed by atoms with Crippen LogP contribution >= 0.6 is 34.7 Å². The molecule has 0 unspecified atom stereocenters. The van der Waals surface area contributed by atoms with Crippen molar-refractivity contribution in [1.82, 2.24) is 4.37 Å². The van der Waals surface area contributed by atoms with Crippen molar-refractivity contribution in [3.63, 3.8) is 0 Å². The Kier molecular flexibility index (Phi) is 4.29. The van der Waals surface area contributed by atoms with Crippen LogP contribution in [0.3, 0.4) is 0 Å². The number of carbonyl (C=O) groups excluding carboxylic acids is 1. The summed E-state index contributed by atoms with van der Waals surface area (Å²) in [5.74, 6) is -0.469. The number of nitrogens with zero attached hydrogens (tertiary/aromatic N) is 1. The molecule has 1 aromatic carbocycles. The van der Waals surface area contributed by atoms with Crippen LogP contribution in [-0.2, 0) is 4.74 Å². The van der Waals surface area contributed by atoms with Crippen LogP contribution in [0.25, 0.3) is 11.3 Å². The van der Waals surface area contributed by atoms with Crippen LogP contribution in [0.4, 0.5) is 5.69 Å². The van der Waals surface area contributed by atoms with Crippen LogP contribution in [0.15, 0.2) is 18.2 Å². The fourth-order valence-electron chi connectivity index (χ4n) is 1.49. The molecule has 0 amide bonds. The maximum Gasteiger partial charge on any atom is 0.352 e. The number of benzene rings is 1. The molecule has 0 aliphatic rings. The lowest BCUT2D eigenvalue weighted by atomic mass is 10.1. The fraction of sp³-hybridized carbons (Fsp3) is 0.167. The Balaban J connectivity index is 2.41. The molecule has 0 atom stereocenters. The number of hydrogen-bond donors (Lipinski definition) is 1. The molecule has 100 valence electrons. The summed E-state index contributed by atoms with van der Waals surface area (Å²) < 4.78 is 9.08. The van der Waals surface area contributed by atoms with Gasteiger partial charge in [-0.25, -0.2) is 4.79 Å². The molecule has 1 heterocycles. The fourth-order valence-corrected chi connectivity index (χ4v) is 2.51. The minimum atomic E-state index is -0.469. The smallest absolute Gasteiger partial charge is 0.352 e. The average molecular weight is 317 g/mol. The van der Waals surface area contributed by atoms with E-state index in [1.165, 1.54) is 0 Å². The zero-order chi connectivity index (χ0) is 14.0. The number of ether oxygens (including phenoxy) is 1. The summed E-state index contributed by atoms with van der Waals surface area (Å²) in [5, 5.41) is 0.856. The van der Waals surface area contributed by atoms with Gasteiger partial charge in [-0.05, 0) is 30.6 Å². The molecule has 0 saturated carbocycles. The SMILES string of the molecule is CCOC(=O)c1snc(-c2ccc(Cl)c(Cl)c2)c1N. The first-order valence-electron chi connectivity index (χ1n) is 5.42. The van der Waals surface area contributed by atoms with E-state index in [-0.39, 0.29) is 6.61 Å². The Bertz CT molecular complexity index is 628. The zero-order valence-corrected chi connectivity index (χ0v) is 12.3. The largest absolute Gasteiger partial charge is 0.462 e. The van der Waals surface area contributed by atoms with Crippen molar-refractivity contribution in [2.45, 2.75) is 6.92 Å². The quantitative estimate of drug-likeness (QED) is 0.873. The molecule has 19 heavy (non-hydrogen) atoms. The van der Waals surface area contributed by atoms with Crippen LogP contribution in [0.1, 0.15) is 16.6 Å². The summed E-state index contributed by atoms with van der Waals surface area (Å²) >= 11 is 12.8. The van der Waals surface area contributed by atoms with E-state index in [0.717, 1.165) is 11.5 Å². The van der Waals surface area contributed by atoms with E-state index in [2.05, 4.69) is 4.37 Å². The molecule has 2 N–H and O–H groups in total. The number of halogens is 2. The normalized spacial score (nSPS) is 10.5. The second kappa shape index (κ2) is 5.77. The number of nitrogen functional groups attached to an aromatic ring is 1. The molecule has 7 heteroatoms. The van der Waals surface area contributed by atoms with Crippen molar-refractivity contribution in [1.29, 1.82) is 0 Å². The molecular weight excluding hydrogens is 307 g/mol. The van der Waals surface area contributed by atoms with Gasteiger partial charge in [0.1, 0.15) is 5.69 Å². The van der Waals surface area contributed by atoms with Gasteiger partial charge in [0.25, 0.3) is 0 Å². The minimum Gasteiger partial charge on any atom is -0.462 e. The Morgan fingerprint density at radius 2 is 2.16 bits per heavy atom. The molecule has 0 saturated heterocycles. The monoisotopic (exact) mass is 316 g/mol. The molecule has 2 rings (SSSR count). The second-order valence-corrected chi connectivity index (χ2v) is 5.21. The minimum absolute atomic E-state index is 0.290. The highest BCUT2D eigenvalue weighted by Gasteiger charge is 2.19. The summed E-state index contributed by atoms with van der Waals surface area (Å²) in [6.45, 7) is 2.02. The first-order chi connectivity index (χ1) is 9.04. The van der Waals surface area contributed by atoms with Crippen molar-refractivity contribution in [3.8, 4) is 11.3 Å². The summed E-state index contributed by atoms with van der Waals surface area (Å²) in [7, 11) is 0. The van der Waals surface area contributed by atoms with Gasteiger partial charge in [0.15, 0.2) is 4.88 Å². The molecule has 0 aliphatic carbocycles. The Morgan fingerprint density at radius 1 is 1.42 bits per heavy atom. The Labute approximate surface area is 124 Å². The molecule has 0 bridgehead atoms. The third kappa shape index (κ3) is 2.83. The third-order valence-electron chi connectivity index (χ3n) is 2.38. The Hall–Kier alpha value is -1.30. The maximum atomic E-state index is 11.7. The van der Waals surface area contributed by atoms with Crippen molar-refractivity contribution >= 4 is 46.4 Å². The molecule has 0 fully saturated rings. The van der Waals surface area contributed by atoms with Crippen molar-refractivity contribution in [2.75, 3.05) is 12.3 Å². The van der Waals surface area contributed by atoms with E-state index in [1.54, 1.807) is 25.1 Å². The van der Waals surface area contributed by atoms with E-state index < -0.39 is 5.97 Å². The van der Waals surface area contributed by atoms with Crippen LogP contribution in [0.5, 0.6) is 0 Å². The van der Waals surface area contributed by atoms with Crippen molar-refractivity contribution in [2.24, 2.45) is 0 Å². The van der Waals surface area contributed by atoms with Gasteiger partial charge in [0.2, 0.25) is 0 Å². The predicted octanol–water partition coefficient (Wildman–Crippen LogP) is 3.88. The van der Waals surface area contributed by atoms with Gasteiger partial charge >= 0.3 is 5.97 Å². The first-order valence-corrected chi connectivity index (χ1v) is 6.95. The van der Waals surface area contributed by atoms with Gasteiger partial charge in [-0.3, -0.25) is 0 Å². The zero-order valence-electron chi connectivity index (χ0n) is 9.94. The molecule has 1 aromatic heterocycles. The summed E-state index contributed by atoms with van der Waals surface area (Å²) in [6.07, 6.45) is 0. The average Bonchev–Trinajstić information content (AvgIpc) is 2.75. The van der Waals surface area contributed by atoms with Crippen LogP contribution in [-0.4, -0.2) is 16.9 Å². The van der Waals surface area contributed by atoms with E-state index >= 15 is 0 Å². The van der Waals surface area contributed by atoms with E-state index in [1.807, 2.05) is 0 Å². The number of aromatic nitrogens is 1. The topological polar surface area (TPSA) is 65.2 Å². The summed E-state index contributed by atoms with van der Waals surface area (Å²) in [6, 6.07) is 5.06. The highest BCUT2D eigenvalue weighted by atomic mass is 35.5. The predicted molar refractivity (Wildman–Crippen MR) is 77.9 cm³/mol. The third-order valence-corrected chi connectivity index (χ3v) is 3.96. The van der Waals surface area contributed by atoms with Gasteiger partial charge < -0.3 is 10.5 Å². The lowest BCUT2D eigenvalue weighted by Gasteiger charge is -2.02. The van der Waals surface area contributed by atoms with Crippen LogP contribution in [0, 0.1) is 0 Å². The van der Waals surface area contributed by atoms with E-state index in [0.29, 0.717) is 31.9 Å². The van der Waals surface area contributed by atoms with E-state index in [4.69, 9.17) is 33.7 Å². The van der Waals surface area contributed by atoms with Gasteiger partial charge in [-0.15, -0.1) is 0 Å². The molecule has 2 aromatic rings. The number of esters is 1. The van der Waals surface area contributed by atoms with Crippen molar-refractivity contribution < 1.29 is 9.53 Å². The Morgan fingerprint density at radius 3 is 2.79 bits per heavy atom. The molecule has 4 nitrogen and oxygen atoms in total. The van der Waals surface area contributed by atoms with Gasteiger partial charge in [0.05, 0.1) is 22.3 Å². The lowest BCUT2D eigenvalue weighted by Crippen LogP contribution is -2.05. The van der Waals surface area contributed by atoms with E-state index in [9.17, 15) is 4.79 Å². The highest BCUT2D eigenvalue weighted by molar-refractivity contribution is 7.09. The highest BCUT2D eigenvalue weighted by Crippen LogP contribution is 2.34. The summed E-state index contributed by atoms with van der Waals surface area (Å²) in [4.78, 5) is 11.9. The maximum absolute atomic E-state index is 11.7. The van der Waals surface area contributed by atoms with Crippen LogP contribution < -0.4 is 5.73 Å². The molecule has 0 radical (unpaired) electrons. The standard InChI is InChI=1S/C12H10Cl2N2O2S/c1-2-18-12(17)11-9(15)10(16-19-11)6-3-4-7(13)8(14)5-6/h3-5H,2,15H2,1H3. The van der Waals surface area contributed by atoms with Gasteiger partial charge in [-0.1, -0.05) is 29.3 Å². The second-order valence-electron chi connectivity index (χ2n) is 3.62.